The second-order valence-corrected chi connectivity index (χ2v) is 9.72. The van der Waals surface area contributed by atoms with Gasteiger partial charge >= 0.3 is 0 Å². The highest BCUT2D eigenvalue weighted by Crippen LogP contribution is 2.28. The summed E-state index contributed by atoms with van der Waals surface area (Å²) >= 11 is 0. The number of hydrogen-bond donors (Lipinski definition) is 1. The average Bonchev–Trinajstić information content (AvgIpc) is 2.94. The third kappa shape index (κ3) is 3.63. The number of nitrogens with zero attached hydrogens (tertiary/aromatic N) is 1. The van der Waals surface area contributed by atoms with Crippen molar-refractivity contribution in [2.45, 2.75) is 18.2 Å². The van der Waals surface area contributed by atoms with Gasteiger partial charge in [0.2, 0.25) is 10.0 Å². The highest BCUT2D eigenvalue weighted by molar-refractivity contribution is 7.93. The van der Waals surface area contributed by atoms with E-state index in [-0.39, 0.29) is 10.6 Å². The van der Waals surface area contributed by atoms with E-state index in [9.17, 15) is 16.8 Å². The Hall–Kier alpha value is -2.26. The van der Waals surface area contributed by atoms with Crippen LogP contribution in [0.15, 0.2) is 47.4 Å². The Bertz CT molecular complexity index is 1030. The third-order valence-electron chi connectivity index (χ3n) is 4.16. The fraction of sp³-hybridized carbons (Fsp3) is 0.294. The molecule has 140 valence electrons. The molecule has 2 aromatic carbocycles. The number of rotatable bonds is 5. The molecule has 1 saturated heterocycles. The Morgan fingerprint density at radius 3 is 2.54 bits per heavy atom. The van der Waals surface area contributed by atoms with Crippen molar-refractivity contribution in [1.82, 2.24) is 0 Å². The Morgan fingerprint density at radius 1 is 1.15 bits per heavy atom. The molecule has 0 spiro atoms. The predicted octanol–water partition coefficient (Wildman–Crippen LogP) is 2.34. The smallest absolute Gasteiger partial charge is 0.261 e. The van der Waals surface area contributed by atoms with Crippen LogP contribution in [0.25, 0.3) is 0 Å². The minimum atomic E-state index is -3.80. The van der Waals surface area contributed by atoms with Crippen LogP contribution in [-0.2, 0) is 20.0 Å². The number of anilines is 2. The van der Waals surface area contributed by atoms with Gasteiger partial charge in [-0.05, 0) is 55.3 Å². The highest BCUT2D eigenvalue weighted by atomic mass is 32.2. The van der Waals surface area contributed by atoms with Crippen molar-refractivity contribution in [2.75, 3.05) is 28.4 Å². The lowest BCUT2D eigenvalue weighted by molar-refractivity contribution is 0.411. The zero-order valence-corrected chi connectivity index (χ0v) is 16.1. The second kappa shape index (κ2) is 6.81. The summed E-state index contributed by atoms with van der Waals surface area (Å²) in [5.74, 6) is 0.707. The quantitative estimate of drug-likeness (QED) is 0.837. The fourth-order valence-corrected chi connectivity index (χ4v) is 5.58. The molecule has 0 amide bonds. The van der Waals surface area contributed by atoms with Crippen LogP contribution in [0.3, 0.4) is 0 Å². The van der Waals surface area contributed by atoms with Crippen molar-refractivity contribution in [2.24, 2.45) is 0 Å². The van der Waals surface area contributed by atoms with Crippen molar-refractivity contribution < 1.29 is 21.6 Å². The van der Waals surface area contributed by atoms with E-state index >= 15 is 0 Å². The molecule has 1 aliphatic rings. The number of benzene rings is 2. The average molecular weight is 396 g/mol. The van der Waals surface area contributed by atoms with Gasteiger partial charge < -0.3 is 4.74 Å². The van der Waals surface area contributed by atoms with Crippen LogP contribution in [-0.4, -0.2) is 36.2 Å². The van der Waals surface area contributed by atoms with Crippen molar-refractivity contribution in [3.63, 3.8) is 0 Å². The number of methoxy groups -OCH3 is 1. The molecular weight excluding hydrogens is 376 g/mol. The monoisotopic (exact) mass is 396 g/mol. The summed E-state index contributed by atoms with van der Waals surface area (Å²) in [6, 6.07) is 11.0. The van der Waals surface area contributed by atoms with Gasteiger partial charge in [0.25, 0.3) is 10.0 Å². The Labute approximate surface area is 153 Å². The topological polar surface area (TPSA) is 92.8 Å². The van der Waals surface area contributed by atoms with Gasteiger partial charge in [-0.15, -0.1) is 0 Å². The minimum absolute atomic E-state index is 0.105. The molecule has 1 N–H and O–H groups in total. The maximum Gasteiger partial charge on any atom is 0.261 e. The summed E-state index contributed by atoms with van der Waals surface area (Å²) in [5.41, 5.74) is 1.46. The van der Waals surface area contributed by atoms with Crippen LogP contribution in [0.2, 0.25) is 0 Å². The summed E-state index contributed by atoms with van der Waals surface area (Å²) < 4.78 is 58.3. The first-order chi connectivity index (χ1) is 12.2. The molecule has 0 radical (unpaired) electrons. The van der Waals surface area contributed by atoms with E-state index in [2.05, 4.69) is 4.72 Å². The first-order valence-corrected chi connectivity index (χ1v) is 11.1. The summed E-state index contributed by atoms with van der Waals surface area (Å²) in [4.78, 5) is 0.106. The Morgan fingerprint density at radius 2 is 1.92 bits per heavy atom. The third-order valence-corrected chi connectivity index (χ3v) is 7.41. The molecule has 0 saturated carbocycles. The fourth-order valence-electron chi connectivity index (χ4n) is 2.89. The van der Waals surface area contributed by atoms with Crippen molar-refractivity contribution in [1.29, 1.82) is 0 Å². The van der Waals surface area contributed by atoms with E-state index in [1.54, 1.807) is 31.2 Å². The maximum absolute atomic E-state index is 12.6. The molecule has 3 rings (SSSR count). The molecule has 0 unspecified atom stereocenters. The molecule has 2 aromatic rings. The molecule has 1 heterocycles. The number of sulfonamides is 2. The molecule has 1 fully saturated rings. The molecule has 0 aliphatic carbocycles. The van der Waals surface area contributed by atoms with Gasteiger partial charge in [0.15, 0.2) is 0 Å². The van der Waals surface area contributed by atoms with E-state index in [0.29, 0.717) is 35.7 Å². The van der Waals surface area contributed by atoms with Gasteiger partial charge in [0.1, 0.15) is 5.75 Å². The highest BCUT2D eigenvalue weighted by Gasteiger charge is 2.28. The molecule has 0 atom stereocenters. The van der Waals surface area contributed by atoms with Crippen molar-refractivity contribution in [3.05, 3.63) is 48.0 Å². The van der Waals surface area contributed by atoms with E-state index in [1.165, 1.54) is 29.6 Å². The Kier molecular flexibility index (Phi) is 4.85. The van der Waals surface area contributed by atoms with Gasteiger partial charge in [0, 0.05) is 6.54 Å². The molecular formula is C17H20N2O5S2. The summed E-state index contributed by atoms with van der Waals surface area (Å²) in [6.45, 7) is 2.16. The van der Waals surface area contributed by atoms with Crippen molar-refractivity contribution >= 4 is 31.4 Å². The zero-order valence-electron chi connectivity index (χ0n) is 14.5. The number of nitrogens with one attached hydrogen (secondary N) is 1. The predicted molar refractivity (Wildman–Crippen MR) is 101 cm³/mol. The lowest BCUT2D eigenvalue weighted by atomic mass is 10.2. The van der Waals surface area contributed by atoms with Crippen LogP contribution < -0.4 is 13.8 Å². The van der Waals surface area contributed by atoms with Gasteiger partial charge in [-0.2, -0.15) is 0 Å². The second-order valence-electron chi connectivity index (χ2n) is 6.03. The van der Waals surface area contributed by atoms with Gasteiger partial charge in [-0.1, -0.05) is 6.07 Å². The van der Waals surface area contributed by atoms with Gasteiger partial charge in [0.05, 0.1) is 29.1 Å². The van der Waals surface area contributed by atoms with E-state index in [4.69, 9.17) is 4.74 Å². The minimum Gasteiger partial charge on any atom is -0.496 e. The van der Waals surface area contributed by atoms with Crippen molar-refractivity contribution in [3.8, 4) is 5.75 Å². The lowest BCUT2D eigenvalue weighted by Gasteiger charge is -2.18. The van der Waals surface area contributed by atoms with Crippen LogP contribution in [0.1, 0.15) is 12.0 Å². The standard InChI is InChI=1S/C17H20N2O5S2/c1-13-11-16(7-8-17(13)24-2)26(22,23)18-14-5-3-6-15(12-14)19-9-4-10-25(19,20)21/h3,5-8,11-12,18H,4,9-10H2,1-2H3. The lowest BCUT2D eigenvalue weighted by Crippen LogP contribution is -2.25. The molecule has 7 nitrogen and oxygen atoms in total. The summed E-state index contributed by atoms with van der Waals surface area (Å²) in [6.07, 6.45) is 0.559. The molecule has 26 heavy (non-hydrogen) atoms. The van der Waals surface area contributed by atoms with Gasteiger partial charge in [-0.25, -0.2) is 16.8 Å². The summed E-state index contributed by atoms with van der Waals surface area (Å²) in [5, 5.41) is 0. The first-order valence-electron chi connectivity index (χ1n) is 8.01. The van der Waals surface area contributed by atoms with E-state index in [0.717, 1.165) is 0 Å². The van der Waals surface area contributed by atoms with E-state index < -0.39 is 20.0 Å². The van der Waals surface area contributed by atoms with Crippen LogP contribution in [0.5, 0.6) is 5.75 Å². The SMILES string of the molecule is COc1ccc(S(=O)(=O)Nc2cccc(N3CCCS3(=O)=O)c2)cc1C. The number of aryl methyl sites for hydroxylation is 1. The molecule has 0 bridgehead atoms. The molecule has 9 heteroatoms. The van der Waals surface area contributed by atoms with E-state index in [1.807, 2.05) is 0 Å². The molecule has 1 aliphatic heterocycles. The normalized spacial score (nSPS) is 16.5. The maximum atomic E-state index is 12.6. The van der Waals surface area contributed by atoms with Crippen LogP contribution >= 0.6 is 0 Å². The van der Waals surface area contributed by atoms with Crippen LogP contribution in [0, 0.1) is 6.92 Å². The summed E-state index contributed by atoms with van der Waals surface area (Å²) in [7, 11) is -5.61. The van der Waals surface area contributed by atoms with Crippen LogP contribution in [0.4, 0.5) is 11.4 Å². The number of hydrogen-bond acceptors (Lipinski definition) is 5. The Balaban J connectivity index is 1.89. The largest absolute Gasteiger partial charge is 0.496 e. The number of ether oxygens (including phenoxy) is 1. The zero-order chi connectivity index (χ0) is 18.9. The molecule has 0 aromatic heterocycles. The van der Waals surface area contributed by atoms with Gasteiger partial charge in [-0.3, -0.25) is 9.03 Å². The first kappa shape index (κ1) is 18.5.